The summed E-state index contributed by atoms with van der Waals surface area (Å²) in [5.41, 5.74) is 2.85. The second-order valence-corrected chi connectivity index (χ2v) is 7.47. The predicted octanol–water partition coefficient (Wildman–Crippen LogP) is 3.68. The number of carbonyl (C=O) groups excluding carboxylic acids is 2. The van der Waals surface area contributed by atoms with Gasteiger partial charge in [0.25, 0.3) is 0 Å². The Hall–Kier alpha value is -2.82. The minimum Gasteiger partial charge on any atom is -0.496 e. The molecule has 2 aromatic rings. The van der Waals surface area contributed by atoms with Crippen molar-refractivity contribution in [3.63, 3.8) is 0 Å². The Morgan fingerprint density at radius 3 is 2.31 bits per heavy atom. The topological polar surface area (TPSA) is 58.6 Å². The van der Waals surface area contributed by atoms with Crippen LogP contribution in [0.25, 0.3) is 11.1 Å². The molecule has 2 aromatic carbocycles. The van der Waals surface area contributed by atoms with Gasteiger partial charge in [-0.2, -0.15) is 0 Å². The minimum absolute atomic E-state index is 0.192. The first-order valence-corrected chi connectivity index (χ1v) is 8.62. The van der Waals surface area contributed by atoms with Crippen molar-refractivity contribution in [2.75, 3.05) is 12.0 Å². The number of hydrogen-bond donors (Lipinski definition) is 1. The van der Waals surface area contributed by atoms with E-state index < -0.39 is 11.6 Å². The number of nitrogens with one attached hydrogen (secondary N) is 1. The SMILES string of the molecule is COc1cccc2c1C(C(=O)NC(C)(C)C)N(C(C)=O)c1ccccc1-2. The number of para-hydroxylation sites is 1. The molecule has 5 nitrogen and oxygen atoms in total. The number of carbonyl (C=O) groups is 2. The van der Waals surface area contributed by atoms with Gasteiger partial charge >= 0.3 is 0 Å². The summed E-state index contributed by atoms with van der Waals surface area (Å²) in [7, 11) is 1.58. The van der Waals surface area contributed by atoms with Gasteiger partial charge < -0.3 is 10.1 Å². The summed E-state index contributed by atoms with van der Waals surface area (Å²) in [5, 5.41) is 3.01. The molecular formula is C21H24N2O3. The maximum atomic E-state index is 13.2. The van der Waals surface area contributed by atoms with Gasteiger partial charge in [0, 0.05) is 23.6 Å². The highest BCUT2D eigenvalue weighted by molar-refractivity contribution is 6.07. The van der Waals surface area contributed by atoms with Crippen LogP contribution >= 0.6 is 0 Å². The highest BCUT2D eigenvalue weighted by Gasteiger charge is 2.40. The van der Waals surface area contributed by atoms with E-state index in [1.165, 1.54) is 6.92 Å². The zero-order valence-electron chi connectivity index (χ0n) is 15.8. The molecule has 0 bridgehead atoms. The van der Waals surface area contributed by atoms with Crippen LogP contribution < -0.4 is 15.0 Å². The Labute approximate surface area is 154 Å². The first kappa shape index (κ1) is 18.0. The van der Waals surface area contributed by atoms with Crippen molar-refractivity contribution < 1.29 is 14.3 Å². The van der Waals surface area contributed by atoms with E-state index in [2.05, 4.69) is 5.32 Å². The second kappa shape index (κ2) is 6.48. The number of amides is 2. The van der Waals surface area contributed by atoms with Crippen LogP contribution in [0.3, 0.4) is 0 Å². The van der Waals surface area contributed by atoms with E-state index in [9.17, 15) is 9.59 Å². The third-order valence-electron chi connectivity index (χ3n) is 4.36. The molecular weight excluding hydrogens is 328 g/mol. The summed E-state index contributed by atoms with van der Waals surface area (Å²) < 4.78 is 5.55. The van der Waals surface area contributed by atoms with Gasteiger partial charge in [0.2, 0.25) is 11.8 Å². The molecule has 0 fully saturated rings. The third kappa shape index (κ3) is 3.05. The zero-order chi connectivity index (χ0) is 19.1. The molecule has 0 spiro atoms. The van der Waals surface area contributed by atoms with E-state index in [4.69, 9.17) is 4.74 Å². The van der Waals surface area contributed by atoms with Crippen LogP contribution in [0.2, 0.25) is 0 Å². The normalized spacial score (nSPS) is 15.7. The van der Waals surface area contributed by atoms with Crippen molar-refractivity contribution >= 4 is 17.5 Å². The fourth-order valence-electron chi connectivity index (χ4n) is 3.46. The smallest absolute Gasteiger partial charge is 0.248 e. The lowest BCUT2D eigenvalue weighted by molar-refractivity contribution is -0.127. The lowest BCUT2D eigenvalue weighted by atomic mass is 9.86. The maximum Gasteiger partial charge on any atom is 0.248 e. The summed E-state index contributed by atoms with van der Waals surface area (Å²) in [6.07, 6.45) is 0. The lowest BCUT2D eigenvalue weighted by Gasteiger charge is -2.39. The van der Waals surface area contributed by atoms with Crippen molar-refractivity contribution in [3.05, 3.63) is 48.0 Å². The average molecular weight is 352 g/mol. The molecule has 5 heteroatoms. The Balaban J connectivity index is 2.29. The fraction of sp³-hybridized carbons (Fsp3) is 0.333. The summed E-state index contributed by atoms with van der Waals surface area (Å²) in [5.74, 6) is 0.174. The number of fused-ring (bicyclic) bond motifs is 3. The summed E-state index contributed by atoms with van der Waals surface area (Å²) >= 11 is 0. The number of hydrogen-bond acceptors (Lipinski definition) is 3. The van der Waals surface area contributed by atoms with Gasteiger partial charge in [0.05, 0.1) is 12.8 Å². The molecule has 1 N–H and O–H groups in total. The summed E-state index contributed by atoms with van der Waals surface area (Å²) in [6.45, 7) is 7.24. The van der Waals surface area contributed by atoms with Gasteiger partial charge in [-0.1, -0.05) is 30.3 Å². The molecule has 1 aliphatic heterocycles. The average Bonchev–Trinajstić information content (AvgIpc) is 2.58. The third-order valence-corrected chi connectivity index (χ3v) is 4.36. The zero-order valence-corrected chi connectivity index (χ0v) is 15.8. The van der Waals surface area contributed by atoms with Crippen LogP contribution in [-0.2, 0) is 9.59 Å². The van der Waals surface area contributed by atoms with Gasteiger partial charge in [0.1, 0.15) is 11.8 Å². The van der Waals surface area contributed by atoms with E-state index >= 15 is 0 Å². The molecule has 136 valence electrons. The molecule has 1 unspecified atom stereocenters. The van der Waals surface area contributed by atoms with Crippen molar-refractivity contribution in [1.29, 1.82) is 0 Å². The number of rotatable bonds is 2. The molecule has 0 saturated heterocycles. The minimum atomic E-state index is -0.784. The molecule has 0 aliphatic carbocycles. The molecule has 3 rings (SSSR count). The Morgan fingerprint density at radius 1 is 1.04 bits per heavy atom. The van der Waals surface area contributed by atoms with Crippen LogP contribution in [0.4, 0.5) is 5.69 Å². The maximum absolute atomic E-state index is 13.2. The van der Waals surface area contributed by atoms with Gasteiger partial charge in [-0.3, -0.25) is 14.5 Å². The Kier molecular flexibility index (Phi) is 4.48. The van der Waals surface area contributed by atoms with E-state index in [1.54, 1.807) is 12.0 Å². The van der Waals surface area contributed by atoms with Crippen LogP contribution in [0.1, 0.15) is 39.3 Å². The molecule has 1 aliphatic rings. The van der Waals surface area contributed by atoms with E-state index in [-0.39, 0.29) is 11.8 Å². The number of anilines is 1. The first-order valence-electron chi connectivity index (χ1n) is 8.62. The number of benzene rings is 2. The van der Waals surface area contributed by atoms with Gasteiger partial charge in [-0.15, -0.1) is 0 Å². The van der Waals surface area contributed by atoms with Crippen LogP contribution in [0.15, 0.2) is 42.5 Å². The molecule has 26 heavy (non-hydrogen) atoms. The molecule has 2 amide bonds. The summed E-state index contributed by atoms with van der Waals surface area (Å²) in [4.78, 5) is 27.3. The van der Waals surface area contributed by atoms with Crippen LogP contribution in [0, 0.1) is 0 Å². The van der Waals surface area contributed by atoms with Gasteiger partial charge in [0.15, 0.2) is 0 Å². The molecule has 1 heterocycles. The van der Waals surface area contributed by atoms with E-state index in [0.29, 0.717) is 11.3 Å². The van der Waals surface area contributed by atoms with Crippen molar-refractivity contribution in [2.24, 2.45) is 0 Å². The van der Waals surface area contributed by atoms with Gasteiger partial charge in [-0.25, -0.2) is 0 Å². The van der Waals surface area contributed by atoms with Crippen molar-refractivity contribution in [3.8, 4) is 16.9 Å². The summed E-state index contributed by atoms with van der Waals surface area (Å²) in [6, 6.07) is 12.5. The van der Waals surface area contributed by atoms with Gasteiger partial charge in [-0.05, 0) is 38.5 Å². The highest BCUT2D eigenvalue weighted by Crippen LogP contribution is 2.48. The predicted molar refractivity (Wildman–Crippen MR) is 102 cm³/mol. The van der Waals surface area contributed by atoms with Crippen LogP contribution in [-0.4, -0.2) is 24.5 Å². The highest BCUT2D eigenvalue weighted by atomic mass is 16.5. The van der Waals surface area contributed by atoms with E-state index in [1.807, 2.05) is 63.2 Å². The first-order chi connectivity index (χ1) is 12.2. The van der Waals surface area contributed by atoms with Crippen LogP contribution in [0.5, 0.6) is 5.75 Å². The van der Waals surface area contributed by atoms with Crippen molar-refractivity contribution in [1.82, 2.24) is 5.32 Å². The number of nitrogens with zero attached hydrogens (tertiary/aromatic N) is 1. The number of methoxy groups -OCH3 is 1. The second-order valence-electron chi connectivity index (χ2n) is 7.47. The monoisotopic (exact) mass is 352 g/mol. The van der Waals surface area contributed by atoms with E-state index in [0.717, 1.165) is 16.8 Å². The fourth-order valence-corrected chi connectivity index (χ4v) is 3.46. The largest absolute Gasteiger partial charge is 0.496 e. The number of ether oxygens (including phenoxy) is 1. The molecule has 0 aromatic heterocycles. The molecule has 0 radical (unpaired) electrons. The lowest BCUT2D eigenvalue weighted by Crippen LogP contribution is -2.50. The quantitative estimate of drug-likeness (QED) is 0.897. The molecule has 0 saturated carbocycles. The Bertz CT molecular complexity index is 868. The van der Waals surface area contributed by atoms with Crippen molar-refractivity contribution in [2.45, 2.75) is 39.3 Å². The molecule has 1 atom stereocenters. The standard InChI is InChI=1S/C21H24N2O3/c1-13(24)23-16-11-7-6-9-14(16)15-10-8-12-17(26-5)18(15)19(23)20(25)22-21(2,3)4/h6-12,19H,1-5H3,(H,22,25). The Morgan fingerprint density at radius 2 is 1.69 bits per heavy atom.